The van der Waals surface area contributed by atoms with Crippen LogP contribution in [0.25, 0.3) is 0 Å². The molecule has 0 aromatic rings. The minimum atomic E-state index is 0.0926. The van der Waals surface area contributed by atoms with Crippen molar-refractivity contribution < 1.29 is 9.90 Å². The summed E-state index contributed by atoms with van der Waals surface area (Å²) >= 11 is 0. The summed E-state index contributed by atoms with van der Waals surface area (Å²) < 4.78 is 0. The molecule has 98 valence electrons. The third kappa shape index (κ3) is 2.82. The van der Waals surface area contributed by atoms with Crippen LogP contribution in [0.5, 0.6) is 0 Å². The summed E-state index contributed by atoms with van der Waals surface area (Å²) in [5, 5.41) is 9.15. The predicted molar refractivity (Wildman–Crippen MR) is 67.6 cm³/mol. The second kappa shape index (κ2) is 4.97. The van der Waals surface area contributed by atoms with E-state index < -0.39 is 0 Å². The van der Waals surface area contributed by atoms with Gasteiger partial charge in [0.05, 0.1) is 6.61 Å². The minimum Gasteiger partial charge on any atom is -0.395 e. The van der Waals surface area contributed by atoms with Gasteiger partial charge in [-0.3, -0.25) is 4.79 Å². The fourth-order valence-corrected chi connectivity index (χ4v) is 3.06. The van der Waals surface area contributed by atoms with Gasteiger partial charge in [0.2, 0.25) is 5.91 Å². The largest absolute Gasteiger partial charge is 0.395 e. The van der Waals surface area contributed by atoms with Gasteiger partial charge in [-0.2, -0.15) is 0 Å². The lowest BCUT2D eigenvalue weighted by molar-refractivity contribution is -0.137. The van der Waals surface area contributed by atoms with Crippen LogP contribution in [-0.4, -0.2) is 35.1 Å². The second-order valence-electron chi connectivity index (χ2n) is 6.29. The maximum Gasteiger partial charge on any atom is 0.226 e. The molecular formula is C14H25NO2. The number of hydrogen-bond acceptors (Lipinski definition) is 2. The number of hydrogen-bond donors (Lipinski definition) is 1. The van der Waals surface area contributed by atoms with Gasteiger partial charge in [-0.15, -0.1) is 0 Å². The van der Waals surface area contributed by atoms with Crippen molar-refractivity contribution in [2.75, 3.05) is 13.2 Å². The van der Waals surface area contributed by atoms with Gasteiger partial charge in [-0.05, 0) is 24.7 Å². The van der Waals surface area contributed by atoms with Gasteiger partial charge in [0.15, 0.2) is 0 Å². The molecule has 0 radical (unpaired) electrons. The number of rotatable bonds is 4. The van der Waals surface area contributed by atoms with Crippen LogP contribution < -0.4 is 0 Å². The summed E-state index contributed by atoms with van der Waals surface area (Å²) in [4.78, 5) is 14.4. The van der Waals surface area contributed by atoms with Gasteiger partial charge in [0.1, 0.15) is 0 Å². The van der Waals surface area contributed by atoms with Crippen LogP contribution in [0.2, 0.25) is 0 Å². The fourth-order valence-electron chi connectivity index (χ4n) is 3.06. The van der Waals surface area contributed by atoms with Gasteiger partial charge < -0.3 is 10.0 Å². The summed E-state index contributed by atoms with van der Waals surface area (Å²) in [5.41, 5.74) is 0.194. The Bertz CT molecular complexity index is 282. The topological polar surface area (TPSA) is 40.5 Å². The van der Waals surface area contributed by atoms with Gasteiger partial charge >= 0.3 is 0 Å². The Morgan fingerprint density at radius 1 is 1.29 bits per heavy atom. The van der Waals surface area contributed by atoms with Crippen LogP contribution >= 0.6 is 0 Å². The molecule has 3 nitrogen and oxygen atoms in total. The third-order valence-corrected chi connectivity index (χ3v) is 4.45. The first-order valence-corrected chi connectivity index (χ1v) is 6.97. The van der Waals surface area contributed by atoms with Crippen LogP contribution in [0.4, 0.5) is 0 Å². The van der Waals surface area contributed by atoms with E-state index in [0.717, 1.165) is 19.3 Å². The molecular weight excluding hydrogens is 214 g/mol. The SMILES string of the molecule is CC1(C)CC1C(=O)N(CCO)C1CCCCC1. The number of aliphatic hydroxyl groups excluding tert-OH is 1. The summed E-state index contributed by atoms with van der Waals surface area (Å²) in [6.45, 7) is 4.94. The molecule has 0 bridgehead atoms. The van der Waals surface area contributed by atoms with Gasteiger partial charge in [0.25, 0.3) is 0 Å². The molecule has 1 atom stereocenters. The number of nitrogens with zero attached hydrogens (tertiary/aromatic N) is 1. The quantitative estimate of drug-likeness (QED) is 0.817. The monoisotopic (exact) mass is 239 g/mol. The Morgan fingerprint density at radius 3 is 2.35 bits per heavy atom. The molecule has 1 amide bonds. The molecule has 2 aliphatic rings. The fraction of sp³-hybridized carbons (Fsp3) is 0.929. The van der Waals surface area contributed by atoms with Gasteiger partial charge in [-0.1, -0.05) is 33.1 Å². The molecule has 2 aliphatic carbocycles. The first-order valence-electron chi connectivity index (χ1n) is 6.97. The molecule has 1 unspecified atom stereocenters. The van der Waals surface area contributed by atoms with E-state index in [4.69, 9.17) is 5.11 Å². The number of carbonyl (C=O) groups is 1. The Labute approximate surface area is 104 Å². The maximum absolute atomic E-state index is 12.4. The summed E-state index contributed by atoms with van der Waals surface area (Å²) in [7, 11) is 0. The van der Waals surface area contributed by atoms with E-state index in [1.165, 1.54) is 19.3 Å². The van der Waals surface area contributed by atoms with Crippen molar-refractivity contribution in [3.05, 3.63) is 0 Å². The van der Waals surface area contributed by atoms with Crippen molar-refractivity contribution >= 4 is 5.91 Å². The molecule has 2 saturated carbocycles. The zero-order chi connectivity index (χ0) is 12.5. The normalized spacial score (nSPS) is 27.8. The second-order valence-corrected chi connectivity index (χ2v) is 6.29. The van der Waals surface area contributed by atoms with Crippen molar-refractivity contribution in [3.8, 4) is 0 Å². The van der Waals surface area contributed by atoms with E-state index in [1.54, 1.807) is 0 Å². The van der Waals surface area contributed by atoms with Crippen LogP contribution in [-0.2, 0) is 4.79 Å². The lowest BCUT2D eigenvalue weighted by Gasteiger charge is -2.34. The van der Waals surface area contributed by atoms with Crippen molar-refractivity contribution in [1.82, 2.24) is 4.90 Å². The lowest BCUT2D eigenvalue weighted by atomic mass is 9.93. The van der Waals surface area contributed by atoms with Crippen LogP contribution in [0.1, 0.15) is 52.4 Å². The zero-order valence-electron chi connectivity index (χ0n) is 11.1. The first-order chi connectivity index (χ1) is 8.06. The highest BCUT2D eigenvalue weighted by atomic mass is 16.3. The molecule has 0 heterocycles. The lowest BCUT2D eigenvalue weighted by Crippen LogP contribution is -2.44. The first kappa shape index (κ1) is 12.9. The molecule has 2 rings (SSSR count). The standard InChI is InChI=1S/C14H25NO2/c1-14(2)10-12(14)13(17)15(8-9-16)11-6-4-3-5-7-11/h11-12,16H,3-10H2,1-2H3. The minimum absolute atomic E-state index is 0.0926. The predicted octanol–water partition coefficient (Wildman–Crippen LogP) is 2.19. The Hall–Kier alpha value is -0.570. The van der Waals surface area contributed by atoms with Crippen molar-refractivity contribution in [1.29, 1.82) is 0 Å². The van der Waals surface area contributed by atoms with Crippen molar-refractivity contribution in [2.45, 2.75) is 58.4 Å². The Morgan fingerprint density at radius 2 is 1.88 bits per heavy atom. The van der Waals surface area contributed by atoms with Crippen LogP contribution in [0.3, 0.4) is 0 Å². The smallest absolute Gasteiger partial charge is 0.226 e. The molecule has 3 heteroatoms. The average Bonchev–Trinajstić information content (AvgIpc) is 2.96. The molecule has 0 aromatic heterocycles. The van der Waals surface area contributed by atoms with E-state index in [9.17, 15) is 4.79 Å². The van der Waals surface area contributed by atoms with E-state index >= 15 is 0 Å². The van der Waals surface area contributed by atoms with Gasteiger partial charge in [0, 0.05) is 18.5 Å². The highest BCUT2D eigenvalue weighted by Crippen LogP contribution is 2.52. The number of aliphatic hydroxyl groups is 1. The summed E-state index contributed by atoms with van der Waals surface area (Å²) in [5.74, 6) is 0.493. The van der Waals surface area contributed by atoms with Crippen molar-refractivity contribution in [2.24, 2.45) is 11.3 Å². The molecule has 0 aromatic carbocycles. The molecule has 1 N–H and O–H groups in total. The van der Waals surface area contributed by atoms with E-state index in [-0.39, 0.29) is 23.8 Å². The molecule has 17 heavy (non-hydrogen) atoms. The molecule has 0 spiro atoms. The summed E-state index contributed by atoms with van der Waals surface area (Å²) in [6, 6.07) is 0.389. The van der Waals surface area contributed by atoms with E-state index in [2.05, 4.69) is 13.8 Å². The highest BCUT2D eigenvalue weighted by Gasteiger charge is 2.52. The van der Waals surface area contributed by atoms with Crippen molar-refractivity contribution in [3.63, 3.8) is 0 Å². The zero-order valence-corrected chi connectivity index (χ0v) is 11.1. The summed E-state index contributed by atoms with van der Waals surface area (Å²) in [6.07, 6.45) is 7.02. The Kier molecular flexibility index (Phi) is 3.76. The average molecular weight is 239 g/mol. The van der Waals surface area contributed by atoms with Crippen LogP contribution in [0, 0.1) is 11.3 Å². The molecule has 0 saturated heterocycles. The number of carbonyl (C=O) groups excluding carboxylic acids is 1. The molecule has 2 fully saturated rings. The highest BCUT2D eigenvalue weighted by molar-refractivity contribution is 5.82. The maximum atomic E-state index is 12.4. The van der Waals surface area contributed by atoms with Gasteiger partial charge in [-0.25, -0.2) is 0 Å². The third-order valence-electron chi connectivity index (χ3n) is 4.45. The van der Waals surface area contributed by atoms with E-state index in [1.807, 2.05) is 4.90 Å². The molecule has 0 aliphatic heterocycles. The number of amides is 1. The van der Waals surface area contributed by atoms with E-state index in [0.29, 0.717) is 12.6 Å². The van der Waals surface area contributed by atoms with Crippen LogP contribution in [0.15, 0.2) is 0 Å². The Balaban J connectivity index is 1.98.